The molecule has 138 valence electrons. The zero-order valence-corrected chi connectivity index (χ0v) is 16.7. The zero-order chi connectivity index (χ0) is 18.7. The second kappa shape index (κ2) is 8.01. The summed E-state index contributed by atoms with van der Waals surface area (Å²) in [7, 11) is 1.91. The molecule has 0 radical (unpaired) electrons. The number of nitrogens with zero attached hydrogens (tertiary/aromatic N) is 3. The Labute approximate surface area is 158 Å². The van der Waals surface area contributed by atoms with Gasteiger partial charge in [0.05, 0.1) is 10.6 Å². The molecule has 1 aromatic carbocycles. The molecule has 0 bridgehead atoms. The molecule has 1 amide bonds. The number of carbonyl (C=O) groups excluding carboxylic acids is 1. The van der Waals surface area contributed by atoms with Crippen LogP contribution in [-0.2, 0) is 20.1 Å². The number of rotatable bonds is 7. The Balaban J connectivity index is 1.60. The molecule has 0 aliphatic carbocycles. The molecule has 6 heteroatoms. The fraction of sp³-hybridized carbons (Fsp3) is 0.400. The first kappa shape index (κ1) is 18.6. The van der Waals surface area contributed by atoms with Crippen molar-refractivity contribution in [3.05, 3.63) is 52.0 Å². The van der Waals surface area contributed by atoms with E-state index in [1.165, 1.54) is 16.9 Å². The van der Waals surface area contributed by atoms with Gasteiger partial charge in [0.2, 0.25) is 0 Å². The molecular formula is C20H26N4OS. The molecule has 0 aliphatic rings. The highest BCUT2D eigenvalue weighted by atomic mass is 32.1. The van der Waals surface area contributed by atoms with Crippen molar-refractivity contribution in [2.75, 3.05) is 13.1 Å². The number of hydrogen-bond donors (Lipinski definition) is 1. The molecule has 0 aliphatic heterocycles. The Morgan fingerprint density at radius 1 is 1.19 bits per heavy atom. The molecule has 5 nitrogen and oxygen atoms in total. The van der Waals surface area contributed by atoms with E-state index < -0.39 is 0 Å². The number of benzene rings is 1. The van der Waals surface area contributed by atoms with Crippen LogP contribution < -0.4 is 5.32 Å². The number of hydrogen-bond acceptors (Lipinski definition) is 4. The SMILES string of the molecule is CCN(CC)Cc1ccc(CNC(=O)c2cc3c(C)nn(C)c3s2)cc1. The van der Waals surface area contributed by atoms with Gasteiger partial charge in [0, 0.05) is 25.5 Å². The number of aryl methyl sites for hydroxylation is 2. The lowest BCUT2D eigenvalue weighted by atomic mass is 10.1. The Morgan fingerprint density at radius 3 is 2.46 bits per heavy atom. The smallest absolute Gasteiger partial charge is 0.261 e. The van der Waals surface area contributed by atoms with Crippen LogP contribution in [0.2, 0.25) is 0 Å². The van der Waals surface area contributed by atoms with Crippen LogP contribution >= 0.6 is 11.3 Å². The first-order chi connectivity index (χ1) is 12.5. The molecular weight excluding hydrogens is 344 g/mol. The van der Waals surface area contributed by atoms with Crippen LogP contribution in [0.25, 0.3) is 10.2 Å². The minimum absolute atomic E-state index is 0.0298. The largest absolute Gasteiger partial charge is 0.347 e. The first-order valence-corrected chi connectivity index (χ1v) is 9.85. The second-order valence-electron chi connectivity index (χ2n) is 6.50. The third-order valence-electron chi connectivity index (χ3n) is 4.70. The van der Waals surface area contributed by atoms with Gasteiger partial charge in [-0.3, -0.25) is 14.4 Å². The van der Waals surface area contributed by atoms with Crippen molar-refractivity contribution < 1.29 is 4.79 Å². The van der Waals surface area contributed by atoms with Gasteiger partial charge in [-0.05, 0) is 37.2 Å². The van der Waals surface area contributed by atoms with E-state index in [0.29, 0.717) is 6.54 Å². The summed E-state index contributed by atoms with van der Waals surface area (Å²) in [5, 5.41) is 8.45. The van der Waals surface area contributed by atoms with Gasteiger partial charge in [-0.1, -0.05) is 38.1 Å². The number of amides is 1. The van der Waals surface area contributed by atoms with Gasteiger partial charge in [-0.15, -0.1) is 11.3 Å². The molecule has 26 heavy (non-hydrogen) atoms. The van der Waals surface area contributed by atoms with Crippen molar-refractivity contribution >= 4 is 27.5 Å². The van der Waals surface area contributed by atoms with Gasteiger partial charge in [0.15, 0.2) is 0 Å². The van der Waals surface area contributed by atoms with Gasteiger partial charge in [-0.2, -0.15) is 5.10 Å². The number of carbonyl (C=O) groups is 1. The number of nitrogens with one attached hydrogen (secondary N) is 1. The van der Waals surface area contributed by atoms with Crippen molar-refractivity contribution in [3.8, 4) is 0 Å². The lowest BCUT2D eigenvalue weighted by Gasteiger charge is -2.18. The third kappa shape index (κ3) is 3.97. The molecule has 3 aromatic rings. The van der Waals surface area contributed by atoms with E-state index in [-0.39, 0.29) is 5.91 Å². The summed E-state index contributed by atoms with van der Waals surface area (Å²) in [6.07, 6.45) is 0. The molecule has 0 unspecified atom stereocenters. The standard InChI is InChI=1S/C20H26N4OS/c1-5-24(6-2)13-16-9-7-15(8-10-16)12-21-19(25)18-11-17-14(3)22-23(4)20(17)26-18/h7-11H,5-6,12-13H2,1-4H3,(H,21,25). The Kier molecular flexibility index (Phi) is 5.74. The molecule has 1 N–H and O–H groups in total. The summed E-state index contributed by atoms with van der Waals surface area (Å²) in [5.74, 6) is -0.0298. The fourth-order valence-electron chi connectivity index (χ4n) is 3.05. The number of thiophene rings is 1. The van der Waals surface area contributed by atoms with Crippen molar-refractivity contribution in [1.82, 2.24) is 20.0 Å². The van der Waals surface area contributed by atoms with Crippen molar-refractivity contribution in [3.63, 3.8) is 0 Å². The van der Waals surface area contributed by atoms with Gasteiger partial charge >= 0.3 is 0 Å². The predicted octanol–water partition coefficient (Wildman–Crippen LogP) is 3.72. The highest BCUT2D eigenvalue weighted by molar-refractivity contribution is 7.20. The van der Waals surface area contributed by atoms with E-state index in [1.54, 1.807) is 0 Å². The molecule has 0 atom stereocenters. The highest BCUT2D eigenvalue weighted by Gasteiger charge is 2.14. The maximum atomic E-state index is 12.5. The minimum atomic E-state index is -0.0298. The summed E-state index contributed by atoms with van der Waals surface area (Å²) in [4.78, 5) is 16.6. The summed E-state index contributed by atoms with van der Waals surface area (Å²) < 4.78 is 1.83. The lowest BCUT2D eigenvalue weighted by Crippen LogP contribution is -2.22. The molecule has 0 fully saturated rings. The van der Waals surface area contributed by atoms with E-state index in [2.05, 4.69) is 53.4 Å². The maximum absolute atomic E-state index is 12.5. The second-order valence-corrected chi connectivity index (χ2v) is 7.53. The van der Waals surface area contributed by atoms with Crippen LogP contribution in [0.15, 0.2) is 30.3 Å². The quantitative estimate of drug-likeness (QED) is 0.690. The summed E-state index contributed by atoms with van der Waals surface area (Å²) in [6, 6.07) is 10.4. The van der Waals surface area contributed by atoms with E-state index in [4.69, 9.17) is 0 Å². The number of fused-ring (bicyclic) bond motifs is 1. The summed E-state index contributed by atoms with van der Waals surface area (Å²) in [5.41, 5.74) is 3.37. The molecule has 0 spiro atoms. The predicted molar refractivity (Wildman–Crippen MR) is 108 cm³/mol. The fourth-order valence-corrected chi connectivity index (χ4v) is 4.09. The van der Waals surface area contributed by atoms with Crippen LogP contribution in [0, 0.1) is 6.92 Å². The molecule has 0 saturated carbocycles. The van der Waals surface area contributed by atoms with Crippen molar-refractivity contribution in [2.24, 2.45) is 7.05 Å². The summed E-state index contributed by atoms with van der Waals surface area (Å²) >= 11 is 1.49. The average molecular weight is 371 g/mol. The van der Waals surface area contributed by atoms with Crippen LogP contribution in [0.1, 0.15) is 40.3 Å². The minimum Gasteiger partial charge on any atom is -0.347 e. The lowest BCUT2D eigenvalue weighted by molar-refractivity contribution is 0.0955. The summed E-state index contributed by atoms with van der Waals surface area (Å²) in [6.45, 7) is 9.94. The van der Waals surface area contributed by atoms with E-state index in [0.717, 1.165) is 46.0 Å². The van der Waals surface area contributed by atoms with E-state index >= 15 is 0 Å². The van der Waals surface area contributed by atoms with Crippen LogP contribution in [-0.4, -0.2) is 33.7 Å². The highest BCUT2D eigenvalue weighted by Crippen LogP contribution is 2.27. The Morgan fingerprint density at radius 2 is 1.85 bits per heavy atom. The molecule has 2 heterocycles. The van der Waals surface area contributed by atoms with Gasteiger partial charge < -0.3 is 5.32 Å². The monoisotopic (exact) mass is 370 g/mol. The molecule has 2 aromatic heterocycles. The van der Waals surface area contributed by atoms with Gasteiger partial charge in [0.1, 0.15) is 4.83 Å². The Hall–Kier alpha value is -2.18. The van der Waals surface area contributed by atoms with E-state index in [9.17, 15) is 4.79 Å². The number of aromatic nitrogens is 2. The van der Waals surface area contributed by atoms with Crippen LogP contribution in [0.3, 0.4) is 0 Å². The normalized spacial score (nSPS) is 11.4. The van der Waals surface area contributed by atoms with Crippen LogP contribution in [0.4, 0.5) is 0 Å². The van der Waals surface area contributed by atoms with Gasteiger partial charge in [-0.25, -0.2) is 0 Å². The van der Waals surface area contributed by atoms with Gasteiger partial charge in [0.25, 0.3) is 5.91 Å². The molecule has 3 rings (SSSR count). The topological polar surface area (TPSA) is 50.2 Å². The van der Waals surface area contributed by atoms with Crippen molar-refractivity contribution in [2.45, 2.75) is 33.9 Å². The van der Waals surface area contributed by atoms with Crippen LogP contribution in [0.5, 0.6) is 0 Å². The molecule has 0 saturated heterocycles. The maximum Gasteiger partial charge on any atom is 0.261 e. The zero-order valence-electron chi connectivity index (χ0n) is 15.9. The Bertz CT molecular complexity index is 856. The third-order valence-corrected chi connectivity index (χ3v) is 5.90. The van der Waals surface area contributed by atoms with Crippen molar-refractivity contribution in [1.29, 1.82) is 0 Å². The average Bonchev–Trinajstić information content (AvgIpc) is 3.20. The first-order valence-electron chi connectivity index (χ1n) is 9.03. The van der Waals surface area contributed by atoms with E-state index in [1.807, 2.05) is 24.7 Å².